The lowest BCUT2D eigenvalue weighted by molar-refractivity contribution is 0.0900. The van der Waals surface area contributed by atoms with E-state index in [1.54, 1.807) is 6.07 Å². The molecule has 1 aromatic rings. The highest BCUT2D eigenvalue weighted by atomic mass is 35.5. The molecule has 0 aromatic heterocycles. The minimum Gasteiger partial charge on any atom is -0.349 e. The van der Waals surface area contributed by atoms with E-state index in [0.717, 1.165) is 38.8 Å². The average Bonchev–Trinajstić information content (AvgIpc) is 2.68. The Morgan fingerprint density at radius 2 is 1.86 bits per heavy atom. The Morgan fingerprint density at radius 3 is 2.48 bits per heavy atom. The zero-order chi connectivity index (χ0) is 21.2. The fourth-order valence-electron chi connectivity index (χ4n) is 4.17. The van der Waals surface area contributed by atoms with E-state index in [1.807, 2.05) is 0 Å². The van der Waals surface area contributed by atoms with E-state index in [-0.39, 0.29) is 21.9 Å². The summed E-state index contributed by atoms with van der Waals surface area (Å²) in [6.45, 7) is 9.30. The molecule has 0 spiro atoms. The molecule has 2 fully saturated rings. The number of carbonyl (C=O) groups excluding carboxylic acids is 1. The summed E-state index contributed by atoms with van der Waals surface area (Å²) in [6.07, 6.45) is 3.66. The van der Waals surface area contributed by atoms with Crippen molar-refractivity contribution < 1.29 is 13.2 Å². The van der Waals surface area contributed by atoms with Crippen LogP contribution in [0.3, 0.4) is 0 Å². The normalized spacial score (nSPS) is 22.7. The molecular weight excluding hydrogens is 410 g/mol. The minimum atomic E-state index is -3.72. The molecule has 0 unspecified atom stereocenters. The number of sulfonamides is 1. The number of likely N-dealkylation sites (tertiary alicyclic amines) is 1. The van der Waals surface area contributed by atoms with Gasteiger partial charge in [0.25, 0.3) is 5.91 Å². The highest BCUT2D eigenvalue weighted by Gasteiger charge is 2.31. The molecule has 2 saturated heterocycles. The van der Waals surface area contributed by atoms with E-state index in [4.69, 9.17) is 11.6 Å². The fourth-order valence-corrected chi connectivity index (χ4v) is 6.27. The maximum atomic E-state index is 13.1. The molecule has 162 valence electrons. The van der Waals surface area contributed by atoms with Gasteiger partial charge >= 0.3 is 0 Å². The standard InChI is InChI=1S/C21H32ClN3O3S/c1-15(2)24-11-8-18(9-12-24)23-21(26)17-6-7-19(22)20(13-17)29(27,28)25-10-4-5-16(3)14-25/h6-7,13,15-16,18H,4-5,8-12,14H2,1-3H3,(H,23,26)/t16-/m0/s1. The second-order valence-corrected chi connectivity index (χ2v) is 10.9. The number of amides is 1. The molecule has 1 N–H and O–H groups in total. The summed E-state index contributed by atoms with van der Waals surface area (Å²) in [4.78, 5) is 15.2. The van der Waals surface area contributed by atoms with Crippen molar-refractivity contribution in [2.45, 2.75) is 63.4 Å². The predicted molar refractivity (Wildman–Crippen MR) is 116 cm³/mol. The molecule has 3 rings (SSSR count). The van der Waals surface area contributed by atoms with Gasteiger partial charge in [-0.15, -0.1) is 0 Å². The fraction of sp³-hybridized carbons (Fsp3) is 0.667. The van der Waals surface area contributed by atoms with E-state index in [9.17, 15) is 13.2 Å². The molecule has 1 amide bonds. The number of piperidine rings is 2. The van der Waals surface area contributed by atoms with Gasteiger partial charge in [-0.25, -0.2) is 8.42 Å². The largest absolute Gasteiger partial charge is 0.349 e. The monoisotopic (exact) mass is 441 g/mol. The predicted octanol–water partition coefficient (Wildman–Crippen LogP) is 3.36. The third kappa shape index (κ3) is 5.32. The molecule has 1 aromatic carbocycles. The van der Waals surface area contributed by atoms with Gasteiger partial charge in [0.2, 0.25) is 10.0 Å². The second-order valence-electron chi connectivity index (χ2n) is 8.63. The molecule has 2 heterocycles. The van der Waals surface area contributed by atoms with Gasteiger partial charge in [0.05, 0.1) is 5.02 Å². The van der Waals surface area contributed by atoms with Crippen molar-refractivity contribution in [1.82, 2.24) is 14.5 Å². The summed E-state index contributed by atoms with van der Waals surface area (Å²) in [7, 11) is -3.72. The first-order chi connectivity index (χ1) is 13.7. The summed E-state index contributed by atoms with van der Waals surface area (Å²) < 4.78 is 27.7. The Bertz CT molecular complexity index is 836. The third-order valence-corrected chi connectivity index (χ3v) is 8.37. The number of nitrogens with one attached hydrogen (secondary N) is 1. The van der Waals surface area contributed by atoms with Crippen LogP contribution in [0.5, 0.6) is 0 Å². The van der Waals surface area contributed by atoms with Gasteiger partial charge in [0.15, 0.2) is 0 Å². The van der Waals surface area contributed by atoms with Crippen LogP contribution in [0.1, 0.15) is 56.8 Å². The van der Waals surface area contributed by atoms with E-state index in [1.165, 1.54) is 16.4 Å². The SMILES string of the molecule is CC(C)N1CCC(NC(=O)c2ccc(Cl)c(S(=O)(=O)N3CCC[C@H](C)C3)c2)CC1. The van der Waals surface area contributed by atoms with Gasteiger partial charge < -0.3 is 10.2 Å². The number of hydrogen-bond donors (Lipinski definition) is 1. The van der Waals surface area contributed by atoms with E-state index in [0.29, 0.717) is 30.6 Å². The lowest BCUT2D eigenvalue weighted by atomic mass is 10.0. The molecule has 8 heteroatoms. The molecule has 1 atom stereocenters. The zero-order valence-electron chi connectivity index (χ0n) is 17.5. The molecular formula is C21H32ClN3O3S. The molecule has 6 nitrogen and oxygen atoms in total. The van der Waals surface area contributed by atoms with E-state index >= 15 is 0 Å². The lowest BCUT2D eigenvalue weighted by Gasteiger charge is -2.34. The van der Waals surface area contributed by atoms with Crippen LogP contribution in [-0.4, -0.2) is 61.8 Å². The number of halogens is 1. The summed E-state index contributed by atoms with van der Waals surface area (Å²) >= 11 is 6.24. The van der Waals surface area contributed by atoms with Crippen molar-refractivity contribution in [3.8, 4) is 0 Å². The van der Waals surface area contributed by atoms with E-state index < -0.39 is 10.0 Å². The van der Waals surface area contributed by atoms with Crippen LogP contribution in [0.4, 0.5) is 0 Å². The number of benzene rings is 1. The van der Waals surface area contributed by atoms with Crippen LogP contribution in [-0.2, 0) is 10.0 Å². The summed E-state index contributed by atoms with van der Waals surface area (Å²) in [5.74, 6) is 0.0774. The van der Waals surface area contributed by atoms with Crippen molar-refractivity contribution in [2.75, 3.05) is 26.2 Å². The molecule has 2 aliphatic heterocycles. The van der Waals surface area contributed by atoms with Crippen molar-refractivity contribution in [3.63, 3.8) is 0 Å². The van der Waals surface area contributed by atoms with Gasteiger partial charge in [-0.05, 0) is 63.6 Å². The van der Waals surface area contributed by atoms with Crippen LogP contribution in [0.25, 0.3) is 0 Å². The zero-order valence-corrected chi connectivity index (χ0v) is 19.1. The topological polar surface area (TPSA) is 69.7 Å². The summed E-state index contributed by atoms with van der Waals surface area (Å²) in [6, 6.07) is 5.15. The summed E-state index contributed by atoms with van der Waals surface area (Å²) in [5, 5.41) is 3.22. The molecule has 29 heavy (non-hydrogen) atoms. The number of nitrogens with zero attached hydrogens (tertiary/aromatic N) is 2. The number of hydrogen-bond acceptors (Lipinski definition) is 4. The molecule has 2 aliphatic rings. The highest BCUT2D eigenvalue weighted by molar-refractivity contribution is 7.89. The van der Waals surface area contributed by atoms with Gasteiger partial charge in [-0.2, -0.15) is 4.31 Å². The van der Waals surface area contributed by atoms with Gasteiger partial charge in [0.1, 0.15) is 4.90 Å². The minimum absolute atomic E-state index is 0.0237. The Labute approximate surface area is 179 Å². The molecule has 0 bridgehead atoms. The van der Waals surface area contributed by atoms with E-state index in [2.05, 4.69) is 31.0 Å². The van der Waals surface area contributed by atoms with Crippen molar-refractivity contribution >= 4 is 27.5 Å². The molecule has 0 radical (unpaired) electrons. The number of rotatable bonds is 5. The van der Waals surface area contributed by atoms with Crippen molar-refractivity contribution in [2.24, 2.45) is 5.92 Å². The second kappa shape index (κ2) is 9.33. The molecule has 0 aliphatic carbocycles. The quantitative estimate of drug-likeness (QED) is 0.760. The maximum Gasteiger partial charge on any atom is 0.251 e. The Hall–Kier alpha value is -1.15. The van der Waals surface area contributed by atoms with Crippen LogP contribution < -0.4 is 5.32 Å². The first-order valence-electron chi connectivity index (χ1n) is 10.5. The first kappa shape index (κ1) is 22.5. The maximum absolute atomic E-state index is 13.1. The average molecular weight is 442 g/mol. The molecule has 0 saturated carbocycles. The van der Waals surface area contributed by atoms with Gasteiger partial charge in [0, 0.05) is 43.8 Å². The smallest absolute Gasteiger partial charge is 0.251 e. The lowest BCUT2D eigenvalue weighted by Crippen LogP contribution is -2.46. The Balaban J connectivity index is 1.72. The van der Waals surface area contributed by atoms with Crippen LogP contribution >= 0.6 is 11.6 Å². The van der Waals surface area contributed by atoms with Crippen molar-refractivity contribution in [3.05, 3.63) is 28.8 Å². The first-order valence-corrected chi connectivity index (χ1v) is 12.3. The summed E-state index contributed by atoms with van der Waals surface area (Å²) in [5.41, 5.74) is 0.337. The van der Waals surface area contributed by atoms with Gasteiger partial charge in [-0.1, -0.05) is 18.5 Å². The third-order valence-electron chi connectivity index (χ3n) is 6.03. The van der Waals surface area contributed by atoms with Crippen molar-refractivity contribution in [1.29, 1.82) is 0 Å². The van der Waals surface area contributed by atoms with Crippen LogP contribution in [0, 0.1) is 5.92 Å². The van der Waals surface area contributed by atoms with Crippen LogP contribution in [0.15, 0.2) is 23.1 Å². The van der Waals surface area contributed by atoms with Gasteiger partial charge in [-0.3, -0.25) is 4.79 Å². The van der Waals surface area contributed by atoms with Crippen LogP contribution in [0.2, 0.25) is 5.02 Å². The highest BCUT2D eigenvalue weighted by Crippen LogP contribution is 2.29. The Morgan fingerprint density at radius 1 is 1.17 bits per heavy atom. The number of carbonyl (C=O) groups is 1. The Kier molecular flexibility index (Phi) is 7.25.